The van der Waals surface area contributed by atoms with Gasteiger partial charge in [-0.15, -0.1) is 0 Å². The number of nitrogens with one attached hydrogen (secondary N) is 1. The van der Waals surface area contributed by atoms with Gasteiger partial charge >= 0.3 is 0 Å². The molecule has 0 bridgehead atoms. The van der Waals surface area contributed by atoms with E-state index < -0.39 is 0 Å². The van der Waals surface area contributed by atoms with Gasteiger partial charge < -0.3 is 10.1 Å². The minimum Gasteiger partial charge on any atom is -0.482 e. The van der Waals surface area contributed by atoms with Crippen molar-refractivity contribution >= 4 is 11.6 Å². The lowest BCUT2D eigenvalue weighted by Gasteiger charge is -2.18. The normalized spacial score (nSPS) is 12.8. The largest absolute Gasteiger partial charge is 0.482 e. The first kappa shape index (κ1) is 16.3. The van der Waals surface area contributed by atoms with Crippen molar-refractivity contribution in [3.05, 3.63) is 85.1 Å². The summed E-state index contributed by atoms with van der Waals surface area (Å²) in [7, 11) is 0. The van der Waals surface area contributed by atoms with E-state index in [0.29, 0.717) is 11.4 Å². The van der Waals surface area contributed by atoms with Crippen molar-refractivity contribution in [3.63, 3.8) is 0 Å². The summed E-state index contributed by atoms with van der Waals surface area (Å²) in [6.45, 7) is 0.0459. The molecule has 0 saturated carbocycles. The van der Waals surface area contributed by atoms with E-state index in [9.17, 15) is 4.79 Å². The molecule has 1 aromatic heterocycles. The second-order valence-electron chi connectivity index (χ2n) is 6.59. The summed E-state index contributed by atoms with van der Waals surface area (Å²) >= 11 is 0. The molecule has 2 heterocycles. The van der Waals surface area contributed by atoms with Gasteiger partial charge in [0.25, 0.3) is 5.91 Å². The van der Waals surface area contributed by atoms with Gasteiger partial charge in [-0.1, -0.05) is 48.5 Å². The van der Waals surface area contributed by atoms with Crippen LogP contribution in [0.3, 0.4) is 0 Å². The monoisotopic (exact) mass is 367 g/mol. The summed E-state index contributed by atoms with van der Waals surface area (Å²) in [6.07, 6.45) is 2.04. The maximum absolute atomic E-state index is 11.7. The number of carbonyl (C=O) groups excluding carboxylic acids is 1. The van der Waals surface area contributed by atoms with E-state index in [4.69, 9.17) is 9.84 Å². The number of fused-ring (bicyclic) bond motifs is 1. The molecule has 5 heteroatoms. The third kappa shape index (κ3) is 2.93. The fourth-order valence-corrected chi connectivity index (χ4v) is 3.36. The van der Waals surface area contributed by atoms with Gasteiger partial charge in [0.05, 0.1) is 11.4 Å². The first-order valence-electron chi connectivity index (χ1n) is 9.05. The lowest BCUT2D eigenvalue weighted by Crippen LogP contribution is -2.25. The highest BCUT2D eigenvalue weighted by molar-refractivity contribution is 5.96. The minimum absolute atomic E-state index is 0.0459. The predicted octanol–water partition coefficient (Wildman–Crippen LogP) is 4.54. The highest BCUT2D eigenvalue weighted by Crippen LogP contribution is 2.36. The SMILES string of the molecule is O=C1COc2ccc(-c3nn(-c4ccccc4)cc3-c3ccccc3)cc2N1. The third-order valence-electron chi connectivity index (χ3n) is 4.71. The van der Waals surface area contributed by atoms with Crippen LogP contribution in [0.25, 0.3) is 28.1 Å². The Kier molecular flexibility index (Phi) is 3.91. The average molecular weight is 367 g/mol. The molecule has 5 nitrogen and oxygen atoms in total. The number of rotatable bonds is 3. The molecule has 136 valence electrons. The molecule has 1 amide bonds. The summed E-state index contributed by atoms with van der Waals surface area (Å²) in [4.78, 5) is 11.7. The van der Waals surface area contributed by atoms with Crippen LogP contribution in [0.15, 0.2) is 85.1 Å². The topological polar surface area (TPSA) is 56.1 Å². The summed E-state index contributed by atoms with van der Waals surface area (Å²) in [5.74, 6) is 0.523. The maximum atomic E-state index is 11.7. The number of ether oxygens (including phenoxy) is 1. The van der Waals surface area contributed by atoms with Crippen LogP contribution < -0.4 is 10.1 Å². The van der Waals surface area contributed by atoms with E-state index in [1.165, 1.54) is 0 Å². The third-order valence-corrected chi connectivity index (χ3v) is 4.71. The van der Waals surface area contributed by atoms with Gasteiger partial charge in [-0.25, -0.2) is 4.68 Å². The number of hydrogen-bond acceptors (Lipinski definition) is 3. The van der Waals surface area contributed by atoms with Crippen molar-refractivity contribution in [1.82, 2.24) is 9.78 Å². The van der Waals surface area contributed by atoms with Crippen LogP contribution in [0.5, 0.6) is 5.75 Å². The highest BCUT2D eigenvalue weighted by Gasteiger charge is 2.19. The Morgan fingerprint density at radius 3 is 2.43 bits per heavy atom. The molecule has 4 aromatic rings. The second-order valence-corrected chi connectivity index (χ2v) is 6.59. The van der Waals surface area contributed by atoms with E-state index >= 15 is 0 Å². The molecule has 0 spiro atoms. The molecule has 1 aliphatic rings. The van der Waals surface area contributed by atoms with Crippen LogP contribution >= 0.6 is 0 Å². The Balaban J connectivity index is 1.67. The summed E-state index contributed by atoms with van der Waals surface area (Å²) in [6, 6.07) is 25.9. The van der Waals surface area contributed by atoms with E-state index in [0.717, 1.165) is 28.1 Å². The molecule has 3 aromatic carbocycles. The molecule has 0 fully saturated rings. The second kappa shape index (κ2) is 6.70. The molecule has 0 radical (unpaired) electrons. The summed E-state index contributed by atoms with van der Waals surface area (Å²) in [5.41, 5.74) is 5.52. The fraction of sp³-hybridized carbons (Fsp3) is 0.0435. The fourth-order valence-electron chi connectivity index (χ4n) is 3.36. The average Bonchev–Trinajstić information content (AvgIpc) is 3.20. The zero-order chi connectivity index (χ0) is 18.9. The molecular formula is C23H17N3O2. The van der Waals surface area contributed by atoms with Gasteiger partial charge in [-0.2, -0.15) is 5.10 Å². The number of para-hydroxylation sites is 1. The number of benzene rings is 3. The standard InChI is InChI=1S/C23H17N3O2/c27-22-15-28-21-12-11-17(13-20(21)24-22)23-19(16-7-3-1-4-8-16)14-26(25-23)18-9-5-2-6-10-18/h1-14H,15H2,(H,24,27). The van der Waals surface area contributed by atoms with Crippen LogP contribution in [0.2, 0.25) is 0 Å². The predicted molar refractivity (Wildman–Crippen MR) is 109 cm³/mol. The number of hydrogen-bond donors (Lipinski definition) is 1. The number of anilines is 1. The van der Waals surface area contributed by atoms with Crippen molar-refractivity contribution in [2.45, 2.75) is 0 Å². The molecule has 0 unspecified atom stereocenters. The van der Waals surface area contributed by atoms with Crippen LogP contribution in [0, 0.1) is 0 Å². The quantitative estimate of drug-likeness (QED) is 0.578. The zero-order valence-electron chi connectivity index (χ0n) is 15.0. The lowest BCUT2D eigenvalue weighted by molar-refractivity contribution is -0.118. The van der Waals surface area contributed by atoms with Crippen LogP contribution in [0.1, 0.15) is 0 Å². The summed E-state index contributed by atoms with van der Waals surface area (Å²) in [5, 5.41) is 7.73. The minimum atomic E-state index is -0.150. The lowest BCUT2D eigenvalue weighted by atomic mass is 10.0. The molecule has 1 aliphatic heterocycles. The first-order valence-corrected chi connectivity index (χ1v) is 9.05. The molecule has 1 N–H and O–H groups in total. The van der Waals surface area contributed by atoms with Crippen molar-refractivity contribution in [3.8, 4) is 33.8 Å². The molecule has 28 heavy (non-hydrogen) atoms. The van der Waals surface area contributed by atoms with Crippen LogP contribution in [-0.4, -0.2) is 22.3 Å². The molecule has 0 aliphatic carbocycles. The van der Waals surface area contributed by atoms with Gasteiger partial charge in [0.1, 0.15) is 11.4 Å². The van der Waals surface area contributed by atoms with Gasteiger partial charge in [0.2, 0.25) is 0 Å². The number of carbonyl (C=O) groups is 1. The molecule has 0 atom stereocenters. The molecule has 0 saturated heterocycles. The van der Waals surface area contributed by atoms with Crippen molar-refractivity contribution in [2.75, 3.05) is 11.9 Å². The number of amides is 1. The van der Waals surface area contributed by atoms with Gasteiger partial charge in [-0.3, -0.25) is 4.79 Å². The van der Waals surface area contributed by atoms with Crippen LogP contribution in [0.4, 0.5) is 5.69 Å². The Morgan fingerprint density at radius 1 is 0.893 bits per heavy atom. The Labute approximate surface area is 162 Å². The Bertz CT molecular complexity index is 1150. The zero-order valence-corrected chi connectivity index (χ0v) is 15.0. The van der Waals surface area contributed by atoms with Gasteiger partial charge in [0.15, 0.2) is 6.61 Å². The van der Waals surface area contributed by atoms with Crippen molar-refractivity contribution in [2.24, 2.45) is 0 Å². The Morgan fingerprint density at radius 2 is 1.64 bits per heavy atom. The first-order chi connectivity index (χ1) is 13.8. The number of aromatic nitrogens is 2. The van der Waals surface area contributed by atoms with Gasteiger partial charge in [0, 0.05) is 17.3 Å². The van der Waals surface area contributed by atoms with E-state index in [2.05, 4.69) is 17.4 Å². The van der Waals surface area contributed by atoms with Crippen molar-refractivity contribution < 1.29 is 9.53 Å². The van der Waals surface area contributed by atoms with E-state index in [1.807, 2.05) is 77.6 Å². The van der Waals surface area contributed by atoms with Gasteiger partial charge in [-0.05, 0) is 35.9 Å². The Hall–Kier alpha value is -3.86. The van der Waals surface area contributed by atoms with Crippen molar-refractivity contribution in [1.29, 1.82) is 0 Å². The molecule has 5 rings (SSSR count). The van der Waals surface area contributed by atoms with Crippen LogP contribution in [-0.2, 0) is 4.79 Å². The smallest absolute Gasteiger partial charge is 0.262 e. The summed E-state index contributed by atoms with van der Waals surface area (Å²) < 4.78 is 7.36. The van der Waals surface area contributed by atoms with E-state index in [1.54, 1.807) is 0 Å². The number of nitrogens with zero attached hydrogens (tertiary/aromatic N) is 2. The molecular weight excluding hydrogens is 350 g/mol. The maximum Gasteiger partial charge on any atom is 0.262 e. The van der Waals surface area contributed by atoms with E-state index in [-0.39, 0.29) is 12.5 Å². The highest BCUT2D eigenvalue weighted by atomic mass is 16.5.